The molecule has 1 aromatic rings. The molecule has 1 amide bonds. The Labute approximate surface area is 169 Å². The number of aliphatic hydroxyl groups excluding tert-OH is 1. The zero-order chi connectivity index (χ0) is 20.6. The molecule has 0 saturated carbocycles. The molecular formula is C17H30ClN8O2+. The van der Waals surface area contributed by atoms with E-state index in [0.29, 0.717) is 6.54 Å². The van der Waals surface area contributed by atoms with Crippen LogP contribution < -0.4 is 22.5 Å². The molecular weight excluding hydrogens is 384 g/mol. The minimum Gasteiger partial charge on any atom is -0.391 e. The molecule has 0 aliphatic carbocycles. The Bertz CT molecular complexity index is 701. The van der Waals surface area contributed by atoms with Crippen LogP contribution in [0.4, 0.5) is 11.6 Å². The molecule has 2 heterocycles. The minimum atomic E-state index is -0.645. The molecule has 8 N–H and O–H groups in total. The van der Waals surface area contributed by atoms with Gasteiger partial charge in [-0.25, -0.2) is 9.97 Å². The highest BCUT2D eigenvalue weighted by molar-refractivity contribution is 6.31. The summed E-state index contributed by atoms with van der Waals surface area (Å²) < 4.78 is 0.988. The van der Waals surface area contributed by atoms with E-state index in [-0.39, 0.29) is 35.0 Å². The summed E-state index contributed by atoms with van der Waals surface area (Å²) in [4.78, 5) is 23.9. The molecule has 156 valence electrons. The lowest BCUT2D eigenvalue weighted by Gasteiger charge is -2.41. The Morgan fingerprint density at radius 1 is 1.14 bits per heavy atom. The molecule has 1 fully saturated rings. The summed E-state index contributed by atoms with van der Waals surface area (Å²) in [6.07, 6.45) is 5.55. The predicted molar refractivity (Wildman–Crippen MR) is 110 cm³/mol. The van der Waals surface area contributed by atoms with Crippen LogP contribution in [0, 0.1) is 0 Å². The topological polar surface area (TPSA) is 166 Å². The number of carbonyl (C=O) groups excluding carboxylic acids is 1. The molecule has 0 radical (unpaired) electrons. The molecule has 0 atom stereocenters. The number of halogens is 1. The number of nitrogens with two attached hydrogens (primary N) is 3. The number of quaternary nitrogens is 1. The molecule has 28 heavy (non-hydrogen) atoms. The number of anilines is 2. The first-order chi connectivity index (χ1) is 13.4. The zero-order valence-corrected chi connectivity index (χ0v) is 16.8. The maximum absolute atomic E-state index is 12.2. The highest BCUT2D eigenvalue weighted by Gasteiger charge is 2.28. The number of nitrogen functional groups attached to an aromatic ring is 2. The number of nitrogens with one attached hydrogen (secondary N) is 1. The molecule has 2 rings (SSSR count). The Kier molecular flexibility index (Phi) is 8.21. The zero-order valence-electron chi connectivity index (χ0n) is 16.0. The third kappa shape index (κ3) is 6.18. The molecule has 0 aromatic carbocycles. The third-order valence-electron chi connectivity index (χ3n) is 5.02. The van der Waals surface area contributed by atoms with Gasteiger partial charge in [0.2, 0.25) is 0 Å². The van der Waals surface area contributed by atoms with E-state index in [9.17, 15) is 9.90 Å². The number of unbranched alkanes of at least 4 members (excludes halogenated alkanes) is 1. The summed E-state index contributed by atoms with van der Waals surface area (Å²) in [5.41, 5.74) is 16.7. The van der Waals surface area contributed by atoms with E-state index in [1.807, 2.05) is 0 Å². The number of amides is 1. The summed E-state index contributed by atoms with van der Waals surface area (Å²) >= 11 is 5.77. The SMILES string of the molecule is NC(=NCCCC[N+]1(CCO)CCCCC1)NC(=O)c1nc(Cl)c(N)nc1N. The molecule has 10 nitrogen and oxygen atoms in total. The van der Waals surface area contributed by atoms with Crippen molar-refractivity contribution in [2.45, 2.75) is 32.1 Å². The summed E-state index contributed by atoms with van der Waals surface area (Å²) in [6, 6.07) is 0. The maximum atomic E-state index is 12.2. The molecule has 1 aliphatic heterocycles. The molecule has 0 bridgehead atoms. The van der Waals surface area contributed by atoms with Crippen LogP contribution in [0.1, 0.15) is 42.6 Å². The van der Waals surface area contributed by atoms with E-state index < -0.39 is 5.91 Å². The highest BCUT2D eigenvalue weighted by Crippen LogP contribution is 2.20. The number of rotatable bonds is 8. The molecule has 1 aromatic heterocycles. The van der Waals surface area contributed by atoms with E-state index in [2.05, 4.69) is 20.3 Å². The van der Waals surface area contributed by atoms with Gasteiger partial charge >= 0.3 is 0 Å². The molecule has 1 aliphatic rings. The van der Waals surface area contributed by atoms with Crippen molar-refractivity contribution in [3.05, 3.63) is 10.8 Å². The van der Waals surface area contributed by atoms with Crippen LogP contribution >= 0.6 is 11.6 Å². The Morgan fingerprint density at radius 3 is 2.54 bits per heavy atom. The Balaban J connectivity index is 1.79. The quantitative estimate of drug-likeness (QED) is 0.174. The average Bonchev–Trinajstić information content (AvgIpc) is 2.65. The number of aromatic nitrogens is 2. The van der Waals surface area contributed by atoms with Crippen LogP contribution in [0.5, 0.6) is 0 Å². The maximum Gasteiger partial charge on any atom is 0.280 e. The summed E-state index contributed by atoms with van der Waals surface area (Å²) in [6.45, 7) is 4.82. The smallest absolute Gasteiger partial charge is 0.280 e. The van der Waals surface area contributed by atoms with E-state index in [0.717, 1.165) is 43.5 Å². The van der Waals surface area contributed by atoms with Gasteiger partial charge in [-0.15, -0.1) is 0 Å². The second kappa shape index (κ2) is 10.4. The van der Waals surface area contributed by atoms with Gasteiger partial charge in [0, 0.05) is 6.54 Å². The van der Waals surface area contributed by atoms with E-state index in [1.54, 1.807) is 0 Å². The van der Waals surface area contributed by atoms with Crippen LogP contribution in [0.25, 0.3) is 0 Å². The second-order valence-corrected chi connectivity index (χ2v) is 7.44. The highest BCUT2D eigenvalue weighted by atomic mass is 35.5. The fourth-order valence-corrected chi connectivity index (χ4v) is 3.66. The first kappa shape index (κ1) is 22.1. The van der Waals surface area contributed by atoms with Crippen LogP contribution in [0.3, 0.4) is 0 Å². The molecule has 0 unspecified atom stereocenters. The fourth-order valence-electron chi connectivity index (χ4n) is 3.54. The number of nitrogens with zero attached hydrogens (tertiary/aromatic N) is 4. The van der Waals surface area contributed by atoms with Crippen LogP contribution in [-0.2, 0) is 0 Å². The first-order valence-electron chi connectivity index (χ1n) is 9.52. The third-order valence-corrected chi connectivity index (χ3v) is 5.30. The normalized spacial score (nSPS) is 16.7. The van der Waals surface area contributed by atoms with Gasteiger partial charge in [0.25, 0.3) is 5.91 Å². The van der Waals surface area contributed by atoms with Crippen molar-refractivity contribution in [3.8, 4) is 0 Å². The lowest BCUT2D eigenvalue weighted by atomic mass is 10.1. The lowest BCUT2D eigenvalue weighted by Crippen LogP contribution is -2.53. The molecule has 1 saturated heterocycles. The monoisotopic (exact) mass is 413 g/mol. The summed E-state index contributed by atoms with van der Waals surface area (Å²) in [5.74, 6) is -0.843. The number of likely N-dealkylation sites (tertiary alicyclic amines) is 1. The second-order valence-electron chi connectivity index (χ2n) is 7.08. The van der Waals surface area contributed by atoms with Crippen molar-refractivity contribution in [2.75, 3.05) is 50.8 Å². The molecule has 11 heteroatoms. The fraction of sp³-hybridized carbons (Fsp3) is 0.647. The van der Waals surface area contributed by atoms with Gasteiger partial charge in [0.15, 0.2) is 28.4 Å². The minimum absolute atomic E-state index is 0.0172. The lowest BCUT2D eigenvalue weighted by molar-refractivity contribution is -0.932. The molecule has 0 spiro atoms. The largest absolute Gasteiger partial charge is 0.391 e. The van der Waals surface area contributed by atoms with Gasteiger partial charge in [-0.05, 0) is 32.1 Å². The van der Waals surface area contributed by atoms with Crippen molar-refractivity contribution < 1.29 is 14.4 Å². The van der Waals surface area contributed by atoms with E-state index in [4.69, 9.17) is 28.8 Å². The van der Waals surface area contributed by atoms with Crippen molar-refractivity contribution in [1.29, 1.82) is 0 Å². The number of guanidine groups is 1. The van der Waals surface area contributed by atoms with Gasteiger partial charge in [-0.3, -0.25) is 15.1 Å². The van der Waals surface area contributed by atoms with Crippen LogP contribution in [0.15, 0.2) is 4.99 Å². The summed E-state index contributed by atoms with van der Waals surface area (Å²) in [7, 11) is 0. The van der Waals surface area contributed by atoms with Crippen molar-refractivity contribution in [3.63, 3.8) is 0 Å². The van der Waals surface area contributed by atoms with Crippen molar-refractivity contribution >= 4 is 35.1 Å². The van der Waals surface area contributed by atoms with E-state index >= 15 is 0 Å². The number of aliphatic imine (C=N–C) groups is 1. The predicted octanol–water partition coefficient (Wildman–Crippen LogP) is 0.112. The average molecular weight is 414 g/mol. The van der Waals surface area contributed by atoms with Gasteiger partial charge < -0.3 is 26.8 Å². The van der Waals surface area contributed by atoms with Gasteiger partial charge in [0.05, 0.1) is 26.2 Å². The van der Waals surface area contributed by atoms with Crippen molar-refractivity contribution in [1.82, 2.24) is 15.3 Å². The van der Waals surface area contributed by atoms with Gasteiger partial charge in [-0.2, -0.15) is 0 Å². The standard InChI is InChI=1S/C17H29ClN8O2/c18-13-15(20)24-14(19)12(23-13)16(28)25-17(21)22-6-2-5-9-26(10-11-27)7-3-1-4-8-26/h27H,1-11H2,(H6-,19,20,21,22,24,25,28)/p+1. The number of hydrogen-bond donors (Lipinski definition) is 5. The number of carbonyl (C=O) groups is 1. The van der Waals surface area contributed by atoms with Crippen molar-refractivity contribution in [2.24, 2.45) is 10.7 Å². The first-order valence-corrected chi connectivity index (χ1v) is 9.90. The van der Waals surface area contributed by atoms with Crippen LogP contribution in [0.2, 0.25) is 5.15 Å². The van der Waals surface area contributed by atoms with Gasteiger partial charge in [-0.1, -0.05) is 11.6 Å². The number of hydrogen-bond acceptors (Lipinski definition) is 7. The number of piperidine rings is 1. The Morgan fingerprint density at radius 2 is 1.86 bits per heavy atom. The Hall–Kier alpha value is -2.17. The summed E-state index contributed by atoms with van der Waals surface area (Å²) in [5, 5.41) is 11.7. The van der Waals surface area contributed by atoms with E-state index in [1.165, 1.54) is 19.3 Å². The van der Waals surface area contributed by atoms with Crippen LogP contribution in [-0.4, -0.2) is 70.8 Å². The number of aliphatic hydroxyl groups is 1. The van der Waals surface area contributed by atoms with Gasteiger partial charge in [0.1, 0.15) is 6.54 Å².